The first-order valence-electron chi connectivity index (χ1n) is 5.00. The van der Waals surface area contributed by atoms with Gasteiger partial charge in [0.1, 0.15) is 0 Å². The number of carbonyl (C=O) groups excluding carboxylic acids is 2. The van der Waals surface area contributed by atoms with Crippen LogP contribution in [-0.4, -0.2) is 47.7 Å². The molecule has 1 fully saturated rings. The summed E-state index contributed by atoms with van der Waals surface area (Å²) in [6.45, 7) is 0.714. The van der Waals surface area contributed by atoms with E-state index in [1.165, 1.54) is 11.0 Å². The van der Waals surface area contributed by atoms with E-state index in [1.54, 1.807) is 0 Å². The third kappa shape index (κ3) is 1.80. The molecule has 2 aliphatic rings. The Morgan fingerprint density at radius 2 is 2.33 bits per heavy atom. The van der Waals surface area contributed by atoms with Gasteiger partial charge in [0, 0.05) is 18.3 Å². The summed E-state index contributed by atoms with van der Waals surface area (Å²) < 4.78 is 5.23. The van der Waals surface area contributed by atoms with Gasteiger partial charge in [-0.25, -0.2) is 0 Å². The number of aliphatic hydroxyl groups is 1. The Hall–Kier alpha value is -1.20. The van der Waals surface area contributed by atoms with Gasteiger partial charge in [-0.15, -0.1) is 0 Å². The molecule has 2 rings (SSSR count). The van der Waals surface area contributed by atoms with Crippen molar-refractivity contribution in [2.75, 3.05) is 19.8 Å². The van der Waals surface area contributed by atoms with Crippen molar-refractivity contribution in [3.8, 4) is 0 Å². The molecule has 82 valence electrons. The maximum atomic E-state index is 11.7. The first-order chi connectivity index (χ1) is 7.24. The summed E-state index contributed by atoms with van der Waals surface area (Å²) >= 11 is 0. The molecule has 1 N–H and O–H groups in total. The van der Waals surface area contributed by atoms with Crippen LogP contribution in [0.1, 0.15) is 12.8 Å². The molecule has 5 nitrogen and oxygen atoms in total. The summed E-state index contributed by atoms with van der Waals surface area (Å²) in [5, 5.41) is 8.87. The Labute approximate surface area is 87.3 Å². The fourth-order valence-corrected chi connectivity index (χ4v) is 1.92. The van der Waals surface area contributed by atoms with Crippen molar-refractivity contribution < 1.29 is 19.4 Å². The van der Waals surface area contributed by atoms with Crippen molar-refractivity contribution in [2.24, 2.45) is 0 Å². The minimum Gasteiger partial charge on any atom is -0.391 e. The van der Waals surface area contributed by atoms with E-state index >= 15 is 0 Å². The molecule has 5 heteroatoms. The van der Waals surface area contributed by atoms with Crippen molar-refractivity contribution in [1.29, 1.82) is 0 Å². The fourth-order valence-electron chi connectivity index (χ4n) is 1.92. The van der Waals surface area contributed by atoms with Crippen LogP contribution in [0.3, 0.4) is 0 Å². The number of imide groups is 1. The van der Waals surface area contributed by atoms with Gasteiger partial charge in [0.15, 0.2) is 0 Å². The van der Waals surface area contributed by atoms with E-state index in [0.29, 0.717) is 13.2 Å². The van der Waals surface area contributed by atoms with E-state index in [1.807, 2.05) is 0 Å². The quantitative estimate of drug-likeness (QED) is 0.622. The number of hydrogen-bond acceptors (Lipinski definition) is 4. The van der Waals surface area contributed by atoms with Crippen molar-refractivity contribution in [3.63, 3.8) is 0 Å². The number of aliphatic hydroxyl groups excluding tert-OH is 1. The molecular formula is C10H13NO4. The zero-order valence-corrected chi connectivity index (χ0v) is 8.31. The van der Waals surface area contributed by atoms with Crippen molar-refractivity contribution in [1.82, 2.24) is 4.90 Å². The predicted octanol–water partition coefficient (Wildman–Crippen LogP) is -0.547. The normalized spacial score (nSPS) is 27.1. The second kappa shape index (κ2) is 4.12. The van der Waals surface area contributed by atoms with E-state index < -0.39 is 0 Å². The second-order valence-corrected chi connectivity index (χ2v) is 3.71. The molecule has 0 saturated carbocycles. The molecule has 0 aliphatic carbocycles. The lowest BCUT2D eigenvalue weighted by molar-refractivity contribution is -0.143. The van der Waals surface area contributed by atoms with Gasteiger partial charge in [0.25, 0.3) is 11.8 Å². The zero-order valence-electron chi connectivity index (χ0n) is 8.31. The predicted molar refractivity (Wildman–Crippen MR) is 50.9 cm³/mol. The molecule has 2 heterocycles. The van der Waals surface area contributed by atoms with Gasteiger partial charge in [-0.2, -0.15) is 0 Å². The van der Waals surface area contributed by atoms with Gasteiger partial charge >= 0.3 is 0 Å². The van der Waals surface area contributed by atoms with Crippen LogP contribution in [-0.2, 0) is 14.3 Å². The Morgan fingerprint density at radius 1 is 1.53 bits per heavy atom. The lowest BCUT2D eigenvalue weighted by Gasteiger charge is -2.29. The summed E-state index contributed by atoms with van der Waals surface area (Å²) in [7, 11) is 0. The van der Waals surface area contributed by atoms with Crippen LogP contribution in [0.25, 0.3) is 0 Å². The fraction of sp³-hybridized carbons (Fsp3) is 0.600. The maximum Gasteiger partial charge on any atom is 0.259 e. The third-order valence-corrected chi connectivity index (χ3v) is 2.70. The number of hydrogen-bond donors (Lipinski definition) is 1. The monoisotopic (exact) mass is 211 g/mol. The lowest BCUT2D eigenvalue weighted by atomic mass is 10.1. The standard InChI is InChI=1S/C10H13NO4/c12-5-7-4-9(13)11(10(7)14)8-2-1-3-15-6-8/h4,8,12H,1-3,5-6H2. The van der Waals surface area contributed by atoms with Crippen LogP contribution in [0.2, 0.25) is 0 Å². The van der Waals surface area contributed by atoms with Gasteiger partial charge in [0.2, 0.25) is 0 Å². The number of ether oxygens (including phenoxy) is 1. The Bertz CT molecular complexity index is 317. The van der Waals surface area contributed by atoms with Gasteiger partial charge in [0.05, 0.1) is 19.3 Å². The minimum absolute atomic E-state index is 0.168. The number of rotatable bonds is 2. The summed E-state index contributed by atoms with van der Waals surface area (Å²) in [6.07, 6.45) is 2.84. The molecule has 0 aromatic heterocycles. The zero-order chi connectivity index (χ0) is 10.8. The molecule has 0 radical (unpaired) electrons. The highest BCUT2D eigenvalue weighted by atomic mass is 16.5. The number of amides is 2. The van der Waals surface area contributed by atoms with Crippen LogP contribution in [0, 0.1) is 0 Å². The molecule has 15 heavy (non-hydrogen) atoms. The van der Waals surface area contributed by atoms with E-state index in [0.717, 1.165) is 12.8 Å². The largest absolute Gasteiger partial charge is 0.391 e. The van der Waals surface area contributed by atoms with Crippen molar-refractivity contribution in [3.05, 3.63) is 11.6 Å². The van der Waals surface area contributed by atoms with E-state index in [9.17, 15) is 9.59 Å². The summed E-state index contributed by atoms with van der Waals surface area (Å²) in [4.78, 5) is 24.4. The van der Waals surface area contributed by atoms with Gasteiger partial charge < -0.3 is 9.84 Å². The van der Waals surface area contributed by atoms with Crippen LogP contribution in [0.15, 0.2) is 11.6 Å². The summed E-state index contributed by atoms with van der Waals surface area (Å²) in [5.74, 6) is -0.711. The average molecular weight is 211 g/mol. The van der Waals surface area contributed by atoms with Crippen LogP contribution >= 0.6 is 0 Å². The first kappa shape index (κ1) is 10.3. The summed E-state index contributed by atoms with van der Waals surface area (Å²) in [6, 6.07) is -0.168. The number of nitrogens with zero attached hydrogens (tertiary/aromatic N) is 1. The van der Waals surface area contributed by atoms with E-state index in [4.69, 9.17) is 9.84 Å². The lowest BCUT2D eigenvalue weighted by Crippen LogP contribution is -2.45. The highest BCUT2D eigenvalue weighted by molar-refractivity contribution is 6.16. The van der Waals surface area contributed by atoms with Crippen LogP contribution < -0.4 is 0 Å². The van der Waals surface area contributed by atoms with E-state index in [-0.39, 0.29) is 30.0 Å². The molecule has 1 atom stereocenters. The van der Waals surface area contributed by atoms with E-state index in [2.05, 4.69) is 0 Å². The maximum absolute atomic E-state index is 11.7. The third-order valence-electron chi connectivity index (χ3n) is 2.70. The van der Waals surface area contributed by atoms with Crippen LogP contribution in [0.4, 0.5) is 0 Å². The molecular weight excluding hydrogens is 198 g/mol. The molecule has 0 aromatic rings. The SMILES string of the molecule is O=C1C=C(CO)C(=O)N1C1CCCOC1. The van der Waals surface area contributed by atoms with Crippen molar-refractivity contribution in [2.45, 2.75) is 18.9 Å². The smallest absolute Gasteiger partial charge is 0.259 e. The average Bonchev–Trinajstić information content (AvgIpc) is 2.55. The molecule has 0 spiro atoms. The summed E-state index contributed by atoms with van der Waals surface area (Å²) in [5.41, 5.74) is 0.172. The molecule has 0 bridgehead atoms. The van der Waals surface area contributed by atoms with Crippen LogP contribution in [0.5, 0.6) is 0 Å². The number of carbonyl (C=O) groups is 2. The Balaban J connectivity index is 2.11. The Morgan fingerprint density at radius 3 is 2.87 bits per heavy atom. The van der Waals surface area contributed by atoms with Crippen molar-refractivity contribution >= 4 is 11.8 Å². The Kier molecular flexibility index (Phi) is 2.83. The van der Waals surface area contributed by atoms with Gasteiger partial charge in [-0.05, 0) is 12.8 Å². The highest BCUT2D eigenvalue weighted by Crippen LogP contribution is 2.20. The first-order valence-corrected chi connectivity index (χ1v) is 5.00. The topological polar surface area (TPSA) is 66.8 Å². The highest BCUT2D eigenvalue weighted by Gasteiger charge is 2.36. The molecule has 0 aromatic carbocycles. The molecule has 2 amide bonds. The minimum atomic E-state index is -0.380. The molecule has 2 aliphatic heterocycles. The van der Waals surface area contributed by atoms with Gasteiger partial charge in [-0.3, -0.25) is 14.5 Å². The second-order valence-electron chi connectivity index (χ2n) is 3.71. The molecule has 1 unspecified atom stereocenters. The van der Waals surface area contributed by atoms with Gasteiger partial charge in [-0.1, -0.05) is 0 Å². The molecule has 1 saturated heterocycles.